The number of hydrogen-bond acceptors (Lipinski definition) is 6. The highest BCUT2D eigenvalue weighted by molar-refractivity contribution is 7.90. The van der Waals surface area contributed by atoms with Crippen molar-refractivity contribution in [2.45, 2.75) is 31.6 Å². The fraction of sp³-hybridized carbons (Fsp3) is 0.238. The van der Waals surface area contributed by atoms with Gasteiger partial charge in [0.05, 0.1) is 16.3 Å². The second-order valence-corrected chi connectivity index (χ2v) is 9.12. The zero-order valence-electron chi connectivity index (χ0n) is 17.8. The molecule has 9 nitrogen and oxygen atoms in total. The minimum absolute atomic E-state index is 0.0636. The molecule has 1 heterocycles. The van der Waals surface area contributed by atoms with E-state index in [1.54, 1.807) is 0 Å². The molecule has 1 aliphatic rings. The number of rotatable bonds is 6. The highest BCUT2D eigenvalue weighted by atomic mass is 32.2. The second-order valence-electron chi connectivity index (χ2n) is 7.44. The molecule has 3 rings (SSSR count). The molecular formula is C21H20F2N4O5S. The van der Waals surface area contributed by atoms with E-state index in [1.165, 1.54) is 43.3 Å². The topological polar surface area (TPSA) is 125 Å². The molecule has 0 radical (unpaired) electrons. The Kier molecular flexibility index (Phi) is 6.32. The van der Waals surface area contributed by atoms with Gasteiger partial charge in [-0.2, -0.15) is 10.1 Å². The van der Waals surface area contributed by atoms with Crippen molar-refractivity contribution >= 4 is 44.8 Å². The van der Waals surface area contributed by atoms with E-state index in [0.29, 0.717) is 0 Å². The van der Waals surface area contributed by atoms with Crippen molar-refractivity contribution < 1.29 is 31.6 Å². The van der Waals surface area contributed by atoms with E-state index in [1.807, 2.05) is 4.72 Å². The van der Waals surface area contributed by atoms with E-state index in [2.05, 4.69) is 10.4 Å². The quantitative estimate of drug-likeness (QED) is 0.618. The summed E-state index contributed by atoms with van der Waals surface area (Å²) in [4.78, 5) is 36.5. The van der Waals surface area contributed by atoms with Gasteiger partial charge in [0.2, 0.25) is 11.8 Å². The molecule has 0 spiro atoms. The minimum Gasteiger partial charge on any atom is -0.325 e. The molecule has 174 valence electrons. The Morgan fingerprint density at radius 1 is 1.12 bits per heavy atom. The van der Waals surface area contributed by atoms with E-state index in [0.717, 1.165) is 31.0 Å². The largest absolute Gasteiger partial charge is 0.325 e. The maximum atomic E-state index is 13.6. The van der Waals surface area contributed by atoms with Crippen LogP contribution in [0.3, 0.4) is 0 Å². The predicted octanol–water partition coefficient (Wildman–Crippen LogP) is 2.60. The summed E-state index contributed by atoms with van der Waals surface area (Å²) in [5.41, 5.74) is -0.0259. The molecule has 0 saturated carbocycles. The van der Waals surface area contributed by atoms with Crippen molar-refractivity contribution in [3.05, 3.63) is 54.1 Å². The summed E-state index contributed by atoms with van der Waals surface area (Å²) in [7, 11) is -4.16. The van der Waals surface area contributed by atoms with Gasteiger partial charge in [-0.05, 0) is 37.3 Å². The summed E-state index contributed by atoms with van der Waals surface area (Å²) in [6, 6.07) is 10.2. The van der Waals surface area contributed by atoms with Crippen LogP contribution >= 0.6 is 0 Å². The minimum atomic E-state index is -4.16. The molecule has 1 unspecified atom stereocenters. The van der Waals surface area contributed by atoms with Crippen LogP contribution in [-0.4, -0.2) is 31.9 Å². The zero-order chi connectivity index (χ0) is 24.6. The van der Waals surface area contributed by atoms with Crippen LogP contribution in [0.4, 0.5) is 20.2 Å². The van der Waals surface area contributed by atoms with Crippen LogP contribution < -0.4 is 15.0 Å². The molecule has 2 aromatic carbocycles. The first-order valence-electron chi connectivity index (χ1n) is 9.61. The van der Waals surface area contributed by atoms with Crippen molar-refractivity contribution in [2.75, 3.05) is 10.3 Å². The van der Waals surface area contributed by atoms with Crippen molar-refractivity contribution in [3.63, 3.8) is 0 Å². The third kappa shape index (κ3) is 5.22. The lowest BCUT2D eigenvalue weighted by Crippen LogP contribution is -2.36. The van der Waals surface area contributed by atoms with Crippen LogP contribution in [0, 0.1) is 5.92 Å². The van der Waals surface area contributed by atoms with Crippen molar-refractivity contribution in [1.82, 2.24) is 4.72 Å². The Labute approximate surface area is 188 Å². The SMILES string of the molecule is CC(=O)NS(=O)(=O)c1cccc(N2N=C(C)C(C(=O)Nc3cccc(C(C)(F)F)c3)C2=O)c1. The number of carbonyl (C=O) groups excluding carboxylic acids is 3. The normalized spacial score (nSPS) is 16.4. The van der Waals surface area contributed by atoms with E-state index in [-0.39, 0.29) is 27.5 Å². The van der Waals surface area contributed by atoms with Gasteiger partial charge >= 0.3 is 0 Å². The first-order chi connectivity index (χ1) is 15.3. The van der Waals surface area contributed by atoms with Crippen molar-refractivity contribution in [3.8, 4) is 0 Å². The summed E-state index contributed by atoms with van der Waals surface area (Å²) >= 11 is 0. The monoisotopic (exact) mass is 478 g/mol. The van der Waals surface area contributed by atoms with Crippen LogP contribution in [0.1, 0.15) is 26.3 Å². The summed E-state index contributed by atoms with van der Waals surface area (Å²) in [6.45, 7) is 3.21. The van der Waals surface area contributed by atoms with E-state index >= 15 is 0 Å². The number of nitrogens with one attached hydrogen (secondary N) is 2. The fourth-order valence-electron chi connectivity index (χ4n) is 3.17. The number of alkyl halides is 2. The first-order valence-corrected chi connectivity index (χ1v) is 11.1. The van der Waals surface area contributed by atoms with Crippen molar-refractivity contribution in [1.29, 1.82) is 0 Å². The van der Waals surface area contributed by atoms with Gasteiger partial charge in [0.1, 0.15) is 0 Å². The number of benzene rings is 2. The maximum Gasteiger partial charge on any atom is 0.270 e. The van der Waals surface area contributed by atoms with Gasteiger partial charge < -0.3 is 5.32 Å². The number of nitrogens with zero attached hydrogens (tertiary/aromatic N) is 2. The van der Waals surface area contributed by atoms with Crippen LogP contribution in [0.5, 0.6) is 0 Å². The van der Waals surface area contributed by atoms with Crippen LogP contribution in [0.2, 0.25) is 0 Å². The number of carbonyl (C=O) groups is 3. The number of amides is 3. The molecule has 0 aromatic heterocycles. The molecular weight excluding hydrogens is 458 g/mol. The Balaban J connectivity index is 1.83. The molecule has 1 aliphatic heterocycles. The third-order valence-electron chi connectivity index (χ3n) is 4.68. The molecule has 33 heavy (non-hydrogen) atoms. The average molecular weight is 478 g/mol. The number of anilines is 2. The zero-order valence-corrected chi connectivity index (χ0v) is 18.6. The fourth-order valence-corrected chi connectivity index (χ4v) is 4.20. The highest BCUT2D eigenvalue weighted by Crippen LogP contribution is 2.30. The Morgan fingerprint density at radius 2 is 1.79 bits per heavy atom. The van der Waals surface area contributed by atoms with Gasteiger partial charge in [0.25, 0.3) is 21.9 Å². The molecule has 0 fully saturated rings. The van der Waals surface area contributed by atoms with Gasteiger partial charge in [0, 0.05) is 25.1 Å². The smallest absolute Gasteiger partial charge is 0.270 e. The van der Waals surface area contributed by atoms with Crippen LogP contribution in [-0.2, 0) is 30.3 Å². The number of sulfonamides is 1. The van der Waals surface area contributed by atoms with Crippen molar-refractivity contribution in [2.24, 2.45) is 11.0 Å². The third-order valence-corrected chi connectivity index (χ3v) is 6.11. The number of halogens is 2. The summed E-state index contributed by atoms with van der Waals surface area (Å²) in [5, 5.41) is 7.38. The molecule has 12 heteroatoms. The van der Waals surface area contributed by atoms with Gasteiger partial charge in [0.15, 0.2) is 5.92 Å². The van der Waals surface area contributed by atoms with E-state index in [9.17, 15) is 31.6 Å². The average Bonchev–Trinajstić information content (AvgIpc) is 3.01. The van der Waals surface area contributed by atoms with Gasteiger partial charge in [-0.25, -0.2) is 21.9 Å². The summed E-state index contributed by atoms with van der Waals surface area (Å²) in [6.07, 6.45) is 0. The first kappa shape index (κ1) is 24.0. The van der Waals surface area contributed by atoms with E-state index in [4.69, 9.17) is 0 Å². The Morgan fingerprint density at radius 3 is 2.42 bits per heavy atom. The van der Waals surface area contributed by atoms with Gasteiger partial charge in [-0.15, -0.1) is 0 Å². The molecule has 2 N–H and O–H groups in total. The lowest BCUT2D eigenvalue weighted by Gasteiger charge is -2.16. The maximum absolute atomic E-state index is 13.6. The number of hydrazone groups is 1. The van der Waals surface area contributed by atoms with E-state index < -0.39 is 39.6 Å². The lowest BCUT2D eigenvalue weighted by molar-refractivity contribution is -0.127. The lowest BCUT2D eigenvalue weighted by atomic mass is 10.0. The molecule has 0 aliphatic carbocycles. The predicted molar refractivity (Wildman–Crippen MR) is 116 cm³/mol. The molecule has 0 bridgehead atoms. The Bertz CT molecular complexity index is 1270. The highest BCUT2D eigenvalue weighted by Gasteiger charge is 2.40. The van der Waals surface area contributed by atoms with Crippen LogP contribution in [0.15, 0.2) is 58.5 Å². The molecule has 3 amide bonds. The summed E-state index contributed by atoms with van der Waals surface area (Å²) < 4.78 is 53.4. The number of hydrogen-bond donors (Lipinski definition) is 2. The van der Waals surface area contributed by atoms with Gasteiger partial charge in [-0.3, -0.25) is 14.4 Å². The molecule has 1 atom stereocenters. The Hall–Kier alpha value is -3.67. The molecule has 2 aromatic rings. The second kappa shape index (κ2) is 8.70. The molecule has 0 saturated heterocycles. The van der Waals surface area contributed by atoms with Crippen LogP contribution in [0.25, 0.3) is 0 Å². The summed E-state index contributed by atoms with van der Waals surface area (Å²) in [5.74, 6) is -6.77. The van der Waals surface area contributed by atoms with Gasteiger partial charge in [-0.1, -0.05) is 18.2 Å². The standard InChI is InChI=1S/C21H20F2N4O5S/c1-12-18(19(29)24-15-7-4-6-14(10-15)21(3,22)23)20(30)27(25-12)16-8-5-9-17(11-16)33(31,32)26-13(2)28/h4-11,18H,1-3H3,(H,24,29)(H,26,28).